The van der Waals surface area contributed by atoms with Crippen molar-refractivity contribution in [1.82, 2.24) is 0 Å². The van der Waals surface area contributed by atoms with Gasteiger partial charge < -0.3 is 10.2 Å². The van der Waals surface area contributed by atoms with E-state index in [1.54, 1.807) is 0 Å². The molecule has 52 valence electrons. The predicted octanol–water partition coefficient (Wildman–Crippen LogP) is -0.881. The molecule has 0 aliphatic heterocycles. The summed E-state index contributed by atoms with van der Waals surface area (Å²) >= 11 is -2.08. The Morgan fingerprint density at radius 3 is 1.75 bits per heavy atom. The van der Waals surface area contributed by atoms with E-state index in [0.29, 0.717) is 0 Å². The zero-order chi connectivity index (χ0) is 6.99. The van der Waals surface area contributed by atoms with E-state index in [1.165, 1.54) is 6.92 Å². The summed E-state index contributed by atoms with van der Waals surface area (Å²) in [5.74, 6) is 0. The van der Waals surface area contributed by atoms with E-state index in [0.717, 1.165) is 0 Å². The molecule has 0 spiro atoms. The summed E-state index contributed by atoms with van der Waals surface area (Å²) < 4.78 is 17.0. The molecule has 5 heteroatoms. The summed E-state index contributed by atoms with van der Waals surface area (Å²) in [5, 5.41) is 16.0. The molecule has 0 saturated heterocycles. The van der Waals surface area contributed by atoms with Gasteiger partial charge in [-0.25, -0.2) is 0 Å². The van der Waals surface area contributed by atoms with Crippen LogP contribution in [0, 0.1) is 0 Å². The summed E-state index contributed by atoms with van der Waals surface area (Å²) in [7, 11) is 0. The van der Waals surface area contributed by atoms with E-state index in [4.69, 9.17) is 17.3 Å². The SMILES string of the molecule is CC(O)CO.[O]=[Os]=[O]. The molecule has 0 heterocycles. The molecule has 0 bridgehead atoms. The Labute approximate surface area is 54.8 Å². The average Bonchev–Trinajstić information content (AvgIpc) is 1.69. The van der Waals surface area contributed by atoms with Crippen molar-refractivity contribution in [1.29, 1.82) is 0 Å². The Balaban J connectivity index is 0. The van der Waals surface area contributed by atoms with Gasteiger partial charge in [0.15, 0.2) is 0 Å². The van der Waals surface area contributed by atoms with Crippen molar-refractivity contribution in [3.63, 3.8) is 0 Å². The maximum absolute atomic E-state index is 8.51. The number of hydrogen-bond acceptors (Lipinski definition) is 4. The van der Waals surface area contributed by atoms with Crippen LogP contribution in [0.5, 0.6) is 0 Å². The molecule has 1 atom stereocenters. The first-order valence-corrected chi connectivity index (χ1v) is 3.92. The second-order valence-electron chi connectivity index (χ2n) is 1.09. The van der Waals surface area contributed by atoms with Gasteiger partial charge in [-0.15, -0.1) is 0 Å². The minimum atomic E-state index is -2.08. The molecule has 8 heavy (non-hydrogen) atoms. The molecule has 0 radical (unpaired) electrons. The first-order chi connectivity index (χ1) is 3.68. The normalized spacial score (nSPS) is 11.4. The first kappa shape index (κ1) is 11.0. The van der Waals surface area contributed by atoms with Crippen molar-refractivity contribution in [3.8, 4) is 0 Å². The van der Waals surface area contributed by atoms with E-state index in [9.17, 15) is 0 Å². The quantitative estimate of drug-likeness (QED) is 0.659. The fraction of sp³-hybridized carbons (Fsp3) is 1.00. The Morgan fingerprint density at radius 1 is 1.62 bits per heavy atom. The summed E-state index contributed by atoms with van der Waals surface area (Å²) in [4.78, 5) is 0. The molecule has 2 N–H and O–H groups in total. The molecule has 1 unspecified atom stereocenters. The van der Waals surface area contributed by atoms with Crippen LogP contribution in [0.3, 0.4) is 0 Å². The molecule has 0 aromatic rings. The van der Waals surface area contributed by atoms with Crippen LogP contribution in [0.2, 0.25) is 0 Å². The van der Waals surface area contributed by atoms with Crippen molar-refractivity contribution in [2.24, 2.45) is 0 Å². The second-order valence-corrected chi connectivity index (χ2v) is 1.51. The third-order valence-corrected chi connectivity index (χ3v) is 0.264. The molecular weight excluding hydrogens is 290 g/mol. The Kier molecular flexibility index (Phi) is 14.1. The van der Waals surface area contributed by atoms with E-state index >= 15 is 0 Å². The van der Waals surface area contributed by atoms with Crippen molar-refractivity contribution in [2.75, 3.05) is 6.61 Å². The molecule has 0 aliphatic rings. The predicted molar refractivity (Wildman–Crippen MR) is 20.1 cm³/mol. The number of rotatable bonds is 1. The van der Waals surface area contributed by atoms with Crippen molar-refractivity contribution in [3.05, 3.63) is 0 Å². The Hall–Kier alpha value is 0.156. The summed E-state index contributed by atoms with van der Waals surface area (Å²) in [6.45, 7) is 1.39. The number of aliphatic hydroxyl groups excluding tert-OH is 2. The molecule has 0 saturated carbocycles. The van der Waals surface area contributed by atoms with Gasteiger partial charge in [0.2, 0.25) is 0 Å². The van der Waals surface area contributed by atoms with Gasteiger partial charge in [-0.1, -0.05) is 0 Å². The van der Waals surface area contributed by atoms with Crippen LogP contribution >= 0.6 is 0 Å². The van der Waals surface area contributed by atoms with Gasteiger partial charge in [0, 0.05) is 0 Å². The molecule has 0 fully saturated rings. The third-order valence-electron chi connectivity index (χ3n) is 0.264. The maximum atomic E-state index is 8.51. The van der Waals surface area contributed by atoms with Crippen LogP contribution in [-0.4, -0.2) is 22.9 Å². The van der Waals surface area contributed by atoms with Crippen LogP contribution in [0.25, 0.3) is 0 Å². The average molecular weight is 298 g/mol. The van der Waals surface area contributed by atoms with Gasteiger partial charge in [0.05, 0.1) is 12.7 Å². The zero-order valence-corrected chi connectivity index (χ0v) is 6.89. The molecule has 4 nitrogen and oxygen atoms in total. The van der Waals surface area contributed by atoms with E-state index in [2.05, 4.69) is 0 Å². The topological polar surface area (TPSA) is 74.6 Å². The van der Waals surface area contributed by atoms with E-state index < -0.39 is 23.4 Å². The summed E-state index contributed by atoms with van der Waals surface area (Å²) in [6.07, 6.45) is -0.560. The molecule has 0 amide bonds. The van der Waals surface area contributed by atoms with Gasteiger partial charge in [0.25, 0.3) is 0 Å². The molecule has 0 aromatic carbocycles. The fourth-order valence-electron chi connectivity index (χ4n) is 0. The summed E-state index contributed by atoms with van der Waals surface area (Å²) in [6, 6.07) is 0. The van der Waals surface area contributed by atoms with Crippen LogP contribution < -0.4 is 0 Å². The van der Waals surface area contributed by atoms with Gasteiger partial charge in [0.1, 0.15) is 0 Å². The Bertz CT molecular complexity index is 65.7. The van der Waals surface area contributed by atoms with E-state index in [-0.39, 0.29) is 6.61 Å². The second kappa shape index (κ2) is 10.2. The summed E-state index contributed by atoms with van der Waals surface area (Å²) in [5.41, 5.74) is 0. The van der Waals surface area contributed by atoms with Crippen molar-refractivity contribution >= 4 is 0 Å². The molecule has 0 aliphatic carbocycles. The van der Waals surface area contributed by atoms with Gasteiger partial charge >= 0.3 is 24.4 Å². The standard InChI is InChI=1S/C3H8O2.2O.Os/c1-3(5)2-4;;;/h3-5H,2H2,1H3;;;. The fourth-order valence-corrected chi connectivity index (χ4v) is 0. The minimum absolute atomic E-state index is 0.139. The molecular formula is C3H8O4Os. The molecule has 0 aromatic heterocycles. The van der Waals surface area contributed by atoms with Gasteiger partial charge in [-0.2, -0.15) is 0 Å². The molecule has 0 rings (SSSR count). The monoisotopic (exact) mass is 300 g/mol. The van der Waals surface area contributed by atoms with Crippen LogP contribution in [0.1, 0.15) is 6.92 Å². The van der Waals surface area contributed by atoms with E-state index in [1.807, 2.05) is 0 Å². The van der Waals surface area contributed by atoms with Crippen LogP contribution in [0.4, 0.5) is 0 Å². The van der Waals surface area contributed by atoms with Gasteiger partial charge in [-0.05, 0) is 6.92 Å². The van der Waals surface area contributed by atoms with Crippen molar-refractivity contribution < 1.29 is 34.6 Å². The first-order valence-electron chi connectivity index (χ1n) is 1.85. The van der Waals surface area contributed by atoms with Crippen LogP contribution in [0.15, 0.2) is 0 Å². The Morgan fingerprint density at radius 2 is 1.75 bits per heavy atom. The van der Waals surface area contributed by atoms with Crippen molar-refractivity contribution in [2.45, 2.75) is 13.0 Å². The third kappa shape index (κ3) is 35.2. The van der Waals surface area contributed by atoms with Crippen LogP contribution in [-0.2, 0) is 24.4 Å². The zero-order valence-electron chi connectivity index (χ0n) is 4.35. The van der Waals surface area contributed by atoms with Gasteiger partial charge in [-0.3, -0.25) is 0 Å². The number of hydrogen-bond donors (Lipinski definition) is 2. The number of aliphatic hydroxyl groups is 2.